The van der Waals surface area contributed by atoms with Crippen LogP contribution >= 0.6 is 0 Å². The zero-order valence-corrected chi connectivity index (χ0v) is 12.6. The molecule has 1 heterocycles. The molecule has 2 aliphatic rings. The van der Waals surface area contributed by atoms with Crippen molar-refractivity contribution < 1.29 is 4.79 Å². The molecule has 4 N–H and O–H groups in total. The van der Waals surface area contributed by atoms with Crippen molar-refractivity contribution in [1.82, 2.24) is 4.90 Å². The lowest BCUT2D eigenvalue weighted by Crippen LogP contribution is -2.51. The molecule has 2 fully saturated rings. The maximum absolute atomic E-state index is 11.4. The van der Waals surface area contributed by atoms with Crippen LogP contribution in [0.1, 0.15) is 52.9 Å². The molecule has 0 aromatic carbocycles. The van der Waals surface area contributed by atoms with Crippen molar-refractivity contribution in [3.8, 4) is 0 Å². The fourth-order valence-electron chi connectivity index (χ4n) is 3.71. The van der Waals surface area contributed by atoms with Crippen LogP contribution < -0.4 is 11.5 Å². The van der Waals surface area contributed by atoms with E-state index >= 15 is 0 Å². The van der Waals surface area contributed by atoms with Crippen molar-refractivity contribution in [2.24, 2.45) is 22.8 Å². The highest BCUT2D eigenvalue weighted by Crippen LogP contribution is 2.38. The van der Waals surface area contributed by atoms with E-state index in [-0.39, 0.29) is 5.91 Å². The fourth-order valence-corrected chi connectivity index (χ4v) is 3.71. The van der Waals surface area contributed by atoms with Crippen LogP contribution in [-0.2, 0) is 4.79 Å². The smallest absolute Gasteiger partial charge is 0.237 e. The number of rotatable bonds is 2. The molecule has 0 radical (unpaired) electrons. The molecule has 0 bridgehead atoms. The molecule has 1 saturated heterocycles. The molecule has 19 heavy (non-hydrogen) atoms. The normalized spacial score (nSPS) is 34.6. The highest BCUT2D eigenvalue weighted by Gasteiger charge is 2.43. The van der Waals surface area contributed by atoms with E-state index in [2.05, 4.69) is 25.7 Å². The molecular weight excluding hydrogens is 238 g/mol. The van der Waals surface area contributed by atoms with Crippen molar-refractivity contribution in [3.63, 3.8) is 0 Å². The van der Waals surface area contributed by atoms with Crippen molar-refractivity contribution in [1.29, 1.82) is 0 Å². The third kappa shape index (κ3) is 3.11. The van der Waals surface area contributed by atoms with Crippen LogP contribution in [0.4, 0.5) is 0 Å². The summed E-state index contributed by atoms with van der Waals surface area (Å²) in [6.07, 6.45) is 5.01. The number of likely N-dealkylation sites (tertiary alicyclic amines) is 1. The number of primary amides is 1. The van der Waals surface area contributed by atoms with Gasteiger partial charge in [0.1, 0.15) is 0 Å². The Morgan fingerprint density at radius 2 is 1.79 bits per heavy atom. The van der Waals surface area contributed by atoms with Crippen LogP contribution in [0, 0.1) is 11.3 Å². The Hall–Kier alpha value is -0.610. The average molecular weight is 267 g/mol. The van der Waals surface area contributed by atoms with Gasteiger partial charge < -0.3 is 16.4 Å². The second-order valence-corrected chi connectivity index (χ2v) is 7.59. The minimum Gasteiger partial charge on any atom is -0.368 e. The van der Waals surface area contributed by atoms with Gasteiger partial charge in [0.15, 0.2) is 0 Å². The summed E-state index contributed by atoms with van der Waals surface area (Å²) < 4.78 is 0. The number of amides is 1. The molecule has 2 unspecified atom stereocenters. The van der Waals surface area contributed by atoms with E-state index in [1.165, 1.54) is 12.8 Å². The molecule has 2 atom stereocenters. The summed E-state index contributed by atoms with van der Waals surface area (Å²) in [6, 6.07) is 0.457. The quantitative estimate of drug-likeness (QED) is 0.796. The summed E-state index contributed by atoms with van der Waals surface area (Å²) in [5.41, 5.74) is 11.2. The number of nitrogens with two attached hydrogens (primary N) is 2. The van der Waals surface area contributed by atoms with E-state index in [1.54, 1.807) is 0 Å². The summed E-state index contributed by atoms with van der Waals surface area (Å²) >= 11 is 0. The number of carbonyl (C=O) groups excluding carboxylic acids is 1. The molecule has 0 aromatic rings. The van der Waals surface area contributed by atoms with Crippen LogP contribution in [-0.4, -0.2) is 35.5 Å². The molecule has 1 aliphatic carbocycles. The molecule has 0 spiro atoms. The first-order chi connectivity index (χ1) is 8.72. The highest BCUT2D eigenvalue weighted by atomic mass is 16.1. The number of carbonyl (C=O) groups is 1. The lowest BCUT2D eigenvalue weighted by molar-refractivity contribution is -0.123. The number of piperidine rings is 1. The molecule has 2 rings (SSSR count). The van der Waals surface area contributed by atoms with E-state index in [1.807, 2.05) is 0 Å². The maximum Gasteiger partial charge on any atom is 0.237 e. The zero-order chi connectivity index (χ0) is 14.3. The Kier molecular flexibility index (Phi) is 3.94. The van der Waals surface area contributed by atoms with Crippen molar-refractivity contribution in [2.75, 3.05) is 13.1 Å². The van der Waals surface area contributed by atoms with Crippen molar-refractivity contribution in [3.05, 3.63) is 0 Å². The van der Waals surface area contributed by atoms with Crippen LogP contribution in [0.25, 0.3) is 0 Å². The summed E-state index contributed by atoms with van der Waals surface area (Å²) in [5, 5.41) is 0. The van der Waals surface area contributed by atoms with Gasteiger partial charge in [-0.1, -0.05) is 20.8 Å². The van der Waals surface area contributed by atoms with Gasteiger partial charge in [0.25, 0.3) is 0 Å². The lowest BCUT2D eigenvalue weighted by atomic mass is 9.75. The maximum atomic E-state index is 11.4. The van der Waals surface area contributed by atoms with Gasteiger partial charge in [-0.25, -0.2) is 0 Å². The predicted molar refractivity (Wildman–Crippen MR) is 77.5 cm³/mol. The van der Waals surface area contributed by atoms with E-state index in [0.717, 1.165) is 38.3 Å². The fraction of sp³-hybridized carbons (Fsp3) is 0.933. The van der Waals surface area contributed by atoms with Crippen LogP contribution in [0.5, 0.6) is 0 Å². The van der Waals surface area contributed by atoms with Gasteiger partial charge in [0, 0.05) is 6.04 Å². The summed E-state index contributed by atoms with van der Waals surface area (Å²) in [4.78, 5) is 13.9. The Balaban J connectivity index is 1.88. The topological polar surface area (TPSA) is 72.3 Å². The Bertz CT molecular complexity index is 342. The molecular formula is C15H29N3O. The third-order valence-corrected chi connectivity index (χ3v) is 5.28. The molecule has 0 aromatic heterocycles. The average Bonchev–Trinajstić information content (AvgIpc) is 2.72. The molecule has 4 heteroatoms. The zero-order valence-electron chi connectivity index (χ0n) is 12.6. The number of hydrogen-bond donors (Lipinski definition) is 2. The lowest BCUT2D eigenvalue weighted by Gasteiger charge is -2.41. The van der Waals surface area contributed by atoms with E-state index < -0.39 is 5.54 Å². The van der Waals surface area contributed by atoms with Gasteiger partial charge in [-0.05, 0) is 56.5 Å². The molecule has 4 nitrogen and oxygen atoms in total. The van der Waals surface area contributed by atoms with E-state index in [0.29, 0.717) is 11.5 Å². The Morgan fingerprint density at radius 3 is 2.21 bits per heavy atom. The second kappa shape index (κ2) is 5.06. The Morgan fingerprint density at radius 1 is 1.21 bits per heavy atom. The molecule has 1 amide bonds. The predicted octanol–water partition coefficient (Wildman–Crippen LogP) is 1.48. The number of nitrogens with zero attached hydrogens (tertiary/aromatic N) is 1. The van der Waals surface area contributed by atoms with Crippen molar-refractivity contribution in [2.45, 2.75) is 64.5 Å². The summed E-state index contributed by atoms with van der Waals surface area (Å²) in [5.74, 6) is 0.475. The van der Waals surface area contributed by atoms with Gasteiger partial charge in [-0.3, -0.25) is 4.79 Å². The molecule has 1 aliphatic heterocycles. The third-order valence-electron chi connectivity index (χ3n) is 5.28. The first-order valence-corrected chi connectivity index (χ1v) is 7.55. The first kappa shape index (κ1) is 14.8. The van der Waals surface area contributed by atoms with Gasteiger partial charge in [0.05, 0.1) is 5.54 Å². The number of hydrogen-bond acceptors (Lipinski definition) is 3. The van der Waals surface area contributed by atoms with Crippen LogP contribution in [0.15, 0.2) is 0 Å². The SMILES string of the molecule is CC(C)(C)C1CCN(C2CCC(N)(C(N)=O)C2)CC1. The van der Waals surface area contributed by atoms with Gasteiger partial charge in [-0.15, -0.1) is 0 Å². The first-order valence-electron chi connectivity index (χ1n) is 7.55. The largest absolute Gasteiger partial charge is 0.368 e. The Labute approximate surface area is 116 Å². The molecule has 110 valence electrons. The van der Waals surface area contributed by atoms with Crippen molar-refractivity contribution >= 4 is 5.91 Å². The summed E-state index contributed by atoms with van der Waals surface area (Å²) in [7, 11) is 0. The van der Waals surface area contributed by atoms with Gasteiger partial charge in [-0.2, -0.15) is 0 Å². The van der Waals surface area contributed by atoms with E-state index in [9.17, 15) is 4.79 Å². The van der Waals surface area contributed by atoms with E-state index in [4.69, 9.17) is 11.5 Å². The minimum atomic E-state index is -0.758. The monoisotopic (exact) mass is 267 g/mol. The summed E-state index contributed by atoms with van der Waals surface area (Å²) in [6.45, 7) is 9.28. The highest BCUT2D eigenvalue weighted by molar-refractivity contribution is 5.84. The standard InChI is InChI=1S/C15H29N3O/c1-14(2,3)11-5-8-18(9-6-11)12-4-7-15(17,10-12)13(16)19/h11-12H,4-10,17H2,1-3H3,(H2,16,19). The van der Waals surface area contributed by atoms with Gasteiger partial charge in [0.2, 0.25) is 5.91 Å². The second-order valence-electron chi connectivity index (χ2n) is 7.59. The molecule has 1 saturated carbocycles. The van der Waals surface area contributed by atoms with Crippen LogP contribution in [0.3, 0.4) is 0 Å². The van der Waals surface area contributed by atoms with Gasteiger partial charge >= 0.3 is 0 Å². The van der Waals surface area contributed by atoms with Crippen LogP contribution in [0.2, 0.25) is 0 Å². The minimum absolute atomic E-state index is 0.334.